The van der Waals surface area contributed by atoms with Gasteiger partial charge in [-0.15, -0.1) is 0 Å². The Morgan fingerprint density at radius 3 is 3.00 bits per heavy atom. The Morgan fingerprint density at radius 2 is 2.25 bits per heavy atom. The molecule has 7 heteroatoms. The van der Waals surface area contributed by atoms with Gasteiger partial charge in [-0.3, -0.25) is 4.79 Å². The van der Waals surface area contributed by atoms with Crippen LogP contribution < -0.4 is 10.2 Å². The van der Waals surface area contributed by atoms with Crippen molar-refractivity contribution in [2.45, 2.75) is 31.0 Å². The number of rotatable bonds is 6. The Balaban J connectivity index is 1.70. The minimum absolute atomic E-state index is 0.0177. The quantitative estimate of drug-likeness (QED) is 0.729. The van der Waals surface area contributed by atoms with Crippen molar-refractivity contribution in [3.05, 3.63) is 18.2 Å². The van der Waals surface area contributed by atoms with E-state index in [4.69, 9.17) is 4.74 Å². The molecule has 24 heavy (non-hydrogen) atoms. The molecule has 1 aliphatic rings. The van der Waals surface area contributed by atoms with E-state index >= 15 is 0 Å². The number of aromatic nitrogens is 1. The van der Waals surface area contributed by atoms with E-state index in [1.807, 2.05) is 6.07 Å². The first-order chi connectivity index (χ1) is 11.7. The summed E-state index contributed by atoms with van der Waals surface area (Å²) in [5.41, 5.74) is 2.11. The second kappa shape index (κ2) is 8.27. The fourth-order valence-electron chi connectivity index (χ4n) is 2.68. The number of carbonyl (C=O) groups is 1. The molecule has 1 aliphatic heterocycles. The minimum Gasteiger partial charge on any atom is -0.378 e. The predicted molar refractivity (Wildman–Crippen MR) is 104 cm³/mol. The first kappa shape index (κ1) is 17.6. The molecule has 1 atom stereocenters. The first-order valence-electron chi connectivity index (χ1n) is 8.35. The van der Waals surface area contributed by atoms with E-state index in [2.05, 4.69) is 50.2 Å². The smallest absolute Gasteiger partial charge is 0.239 e. The summed E-state index contributed by atoms with van der Waals surface area (Å²) in [5.74, 6) is -0.0177. The van der Waals surface area contributed by atoms with Crippen LogP contribution in [0.4, 0.5) is 10.8 Å². The van der Waals surface area contributed by atoms with Crippen molar-refractivity contribution >= 4 is 54.2 Å². The van der Waals surface area contributed by atoms with Crippen molar-refractivity contribution in [2.24, 2.45) is 0 Å². The lowest BCUT2D eigenvalue weighted by molar-refractivity contribution is -0.115. The highest BCUT2D eigenvalue weighted by Crippen LogP contribution is 2.30. The molecule has 2 heterocycles. The lowest BCUT2D eigenvalue weighted by atomic mass is 10.2. The third-order valence-electron chi connectivity index (χ3n) is 4.07. The second-order valence-electron chi connectivity index (χ2n) is 5.87. The molecule has 1 aromatic carbocycles. The van der Waals surface area contributed by atoms with Gasteiger partial charge in [0, 0.05) is 18.8 Å². The van der Waals surface area contributed by atoms with E-state index < -0.39 is 0 Å². The lowest BCUT2D eigenvalue weighted by Crippen LogP contribution is -2.36. The summed E-state index contributed by atoms with van der Waals surface area (Å²) in [4.78, 5) is 18.9. The molecule has 130 valence electrons. The molecule has 1 fully saturated rings. The normalized spacial score (nSPS) is 16.3. The van der Waals surface area contributed by atoms with Gasteiger partial charge in [-0.2, -0.15) is 0 Å². The second-order valence-corrected chi connectivity index (χ2v) is 8.01. The minimum atomic E-state index is -0.159. The summed E-state index contributed by atoms with van der Waals surface area (Å²) in [7, 11) is 0. The fraction of sp³-hybridized carbons (Fsp3) is 0.529. The number of benzene rings is 1. The Labute approximate surface area is 154 Å². The Hall–Kier alpha value is -1.18. The molecule has 1 saturated heterocycles. The van der Waals surface area contributed by atoms with Crippen LogP contribution in [-0.4, -0.2) is 42.0 Å². The molecule has 2 aromatic rings. The Morgan fingerprint density at radius 1 is 1.46 bits per heavy atom. The van der Waals surface area contributed by atoms with Gasteiger partial charge in [0.05, 0.1) is 28.3 Å². The number of ether oxygens (including phenoxy) is 1. The molecule has 1 N–H and O–H groups in total. The maximum absolute atomic E-state index is 12.2. The third-order valence-corrected chi connectivity index (χ3v) is 5.88. The molecule has 1 aromatic heterocycles. The van der Waals surface area contributed by atoms with Crippen LogP contribution in [0.2, 0.25) is 0 Å². The average Bonchev–Trinajstić information content (AvgIpc) is 3.01. The highest BCUT2D eigenvalue weighted by atomic mass is 79.9. The van der Waals surface area contributed by atoms with E-state index in [1.54, 1.807) is 0 Å². The Kier molecular flexibility index (Phi) is 6.08. The monoisotopic (exact) mass is 411 g/mol. The van der Waals surface area contributed by atoms with E-state index in [1.165, 1.54) is 17.0 Å². The summed E-state index contributed by atoms with van der Waals surface area (Å²) in [6.07, 6.45) is 2.96. The number of hydrogen-bond acceptors (Lipinski definition) is 5. The number of unbranched alkanes of at least 4 members (excludes halogenated alkanes) is 1. The number of anilines is 2. The number of nitrogens with one attached hydrogen (secondary N) is 1. The van der Waals surface area contributed by atoms with Crippen LogP contribution in [0.5, 0.6) is 0 Å². The largest absolute Gasteiger partial charge is 0.378 e. The summed E-state index contributed by atoms with van der Waals surface area (Å²) in [6.45, 7) is 5.49. The maximum atomic E-state index is 12.2. The first-order valence-corrected chi connectivity index (χ1v) is 10.1. The van der Waals surface area contributed by atoms with Gasteiger partial charge in [0.2, 0.25) is 5.91 Å². The molecule has 1 unspecified atom stereocenters. The number of fused-ring (bicyclic) bond motifs is 1. The standard InChI is InChI=1S/C17H22BrN3O2S/c1-2-3-4-13(18)16(22)20-17-19-14-6-5-12(11-15(14)24-17)21-7-9-23-10-8-21/h5-6,11,13H,2-4,7-10H2,1H3,(H,19,20,22). The number of carbonyl (C=O) groups excluding carboxylic acids is 1. The van der Waals surface area contributed by atoms with Crippen molar-refractivity contribution in [3.8, 4) is 0 Å². The molecule has 0 saturated carbocycles. The number of morpholine rings is 1. The van der Waals surface area contributed by atoms with E-state index in [-0.39, 0.29) is 10.7 Å². The van der Waals surface area contributed by atoms with Gasteiger partial charge in [0.1, 0.15) is 0 Å². The van der Waals surface area contributed by atoms with Crippen molar-refractivity contribution in [1.29, 1.82) is 0 Å². The van der Waals surface area contributed by atoms with Crippen molar-refractivity contribution in [3.63, 3.8) is 0 Å². The predicted octanol–water partition coefficient (Wildman–Crippen LogP) is 4.03. The zero-order chi connectivity index (χ0) is 16.9. The number of alkyl halides is 1. The zero-order valence-corrected chi connectivity index (χ0v) is 16.2. The molecule has 5 nitrogen and oxygen atoms in total. The highest BCUT2D eigenvalue weighted by Gasteiger charge is 2.17. The van der Waals surface area contributed by atoms with E-state index in [0.717, 1.165) is 55.8 Å². The molecule has 0 aliphatic carbocycles. The molecular weight excluding hydrogens is 390 g/mol. The SMILES string of the molecule is CCCCC(Br)C(=O)Nc1nc2ccc(N3CCOCC3)cc2s1. The number of amides is 1. The van der Waals surface area contributed by atoms with Gasteiger partial charge in [0.25, 0.3) is 0 Å². The van der Waals surface area contributed by atoms with Gasteiger partial charge >= 0.3 is 0 Å². The number of nitrogens with zero attached hydrogens (tertiary/aromatic N) is 2. The Bertz CT molecular complexity index is 700. The molecule has 0 radical (unpaired) electrons. The van der Waals surface area contributed by atoms with Crippen LogP contribution in [0, 0.1) is 0 Å². The molecular formula is C17H22BrN3O2S. The summed E-state index contributed by atoms with van der Waals surface area (Å²) in [5, 5.41) is 3.59. The summed E-state index contributed by atoms with van der Waals surface area (Å²) >= 11 is 4.98. The summed E-state index contributed by atoms with van der Waals surface area (Å²) < 4.78 is 6.50. The van der Waals surface area contributed by atoms with Gasteiger partial charge < -0.3 is 15.0 Å². The van der Waals surface area contributed by atoms with Gasteiger partial charge in [-0.05, 0) is 24.6 Å². The third kappa shape index (κ3) is 4.26. The maximum Gasteiger partial charge on any atom is 0.239 e. The van der Waals surface area contributed by atoms with Crippen molar-refractivity contribution in [2.75, 3.05) is 36.5 Å². The summed E-state index contributed by atoms with van der Waals surface area (Å²) in [6, 6.07) is 6.26. The van der Waals surface area contributed by atoms with Crippen LogP contribution in [0.3, 0.4) is 0 Å². The average molecular weight is 412 g/mol. The van der Waals surface area contributed by atoms with Crippen LogP contribution >= 0.6 is 27.3 Å². The van der Waals surface area contributed by atoms with Crippen molar-refractivity contribution < 1.29 is 9.53 Å². The molecule has 3 rings (SSSR count). The van der Waals surface area contributed by atoms with Crippen LogP contribution in [0.1, 0.15) is 26.2 Å². The number of hydrogen-bond donors (Lipinski definition) is 1. The topological polar surface area (TPSA) is 54.5 Å². The van der Waals surface area contributed by atoms with Crippen molar-refractivity contribution in [1.82, 2.24) is 4.98 Å². The molecule has 0 spiro atoms. The van der Waals surface area contributed by atoms with Gasteiger partial charge in [-0.25, -0.2) is 4.98 Å². The lowest BCUT2D eigenvalue weighted by Gasteiger charge is -2.28. The van der Waals surface area contributed by atoms with Crippen LogP contribution in [0.15, 0.2) is 18.2 Å². The van der Waals surface area contributed by atoms with Crippen LogP contribution in [0.25, 0.3) is 10.2 Å². The number of thiazole rings is 1. The number of halogens is 1. The zero-order valence-electron chi connectivity index (χ0n) is 13.8. The fourth-order valence-corrected chi connectivity index (χ4v) is 4.02. The van der Waals surface area contributed by atoms with Gasteiger partial charge in [0.15, 0.2) is 5.13 Å². The molecule has 1 amide bonds. The highest BCUT2D eigenvalue weighted by molar-refractivity contribution is 9.10. The molecule has 0 bridgehead atoms. The van der Waals surface area contributed by atoms with E-state index in [9.17, 15) is 4.79 Å². The van der Waals surface area contributed by atoms with Gasteiger partial charge in [-0.1, -0.05) is 47.0 Å². The van der Waals surface area contributed by atoms with Crippen LogP contribution in [-0.2, 0) is 9.53 Å². The van der Waals surface area contributed by atoms with E-state index in [0.29, 0.717) is 5.13 Å².